The molecule has 6 heteroatoms. The highest BCUT2D eigenvalue weighted by atomic mass is 32.2. The number of aryl methyl sites for hydroxylation is 1. The van der Waals surface area contributed by atoms with Crippen molar-refractivity contribution in [1.29, 1.82) is 0 Å². The fourth-order valence-electron chi connectivity index (χ4n) is 1.67. The van der Waals surface area contributed by atoms with E-state index in [-0.39, 0.29) is 5.91 Å². The average Bonchev–Trinajstić information content (AvgIpc) is 2.93. The van der Waals surface area contributed by atoms with Crippen LogP contribution in [-0.2, 0) is 11.2 Å². The smallest absolute Gasteiger partial charge is 0.254 e. The largest absolute Gasteiger partial charge is 0.479 e. The first-order valence-electron chi connectivity index (χ1n) is 6.14. The summed E-state index contributed by atoms with van der Waals surface area (Å²) in [6, 6.07) is 9.42. The summed E-state index contributed by atoms with van der Waals surface area (Å²) < 4.78 is 9.95. The molecule has 20 heavy (non-hydrogen) atoms. The van der Waals surface area contributed by atoms with E-state index >= 15 is 0 Å². The Labute approximate surface area is 121 Å². The Hall–Kier alpha value is -1.95. The van der Waals surface area contributed by atoms with E-state index in [4.69, 9.17) is 9.26 Å². The molecule has 0 fully saturated rings. The zero-order chi connectivity index (χ0) is 14.4. The second kappa shape index (κ2) is 7.00. The first-order valence-corrected chi connectivity index (χ1v) is 7.37. The van der Waals surface area contributed by atoms with Crippen LogP contribution in [0.5, 0.6) is 5.88 Å². The van der Waals surface area contributed by atoms with Crippen LogP contribution in [0.4, 0.5) is 5.69 Å². The topological polar surface area (TPSA) is 64.4 Å². The molecule has 0 unspecified atom stereocenters. The van der Waals surface area contributed by atoms with Gasteiger partial charge >= 0.3 is 0 Å². The maximum absolute atomic E-state index is 11.9. The van der Waals surface area contributed by atoms with Gasteiger partial charge in [0.15, 0.2) is 0 Å². The summed E-state index contributed by atoms with van der Waals surface area (Å²) in [5.41, 5.74) is 0.803. The number of carbonyl (C=O) groups is 1. The third-order valence-electron chi connectivity index (χ3n) is 2.70. The van der Waals surface area contributed by atoms with E-state index in [0.717, 1.165) is 10.6 Å². The molecule has 0 bridgehead atoms. The van der Waals surface area contributed by atoms with E-state index in [1.54, 1.807) is 17.8 Å². The normalized spacial score (nSPS) is 10.3. The van der Waals surface area contributed by atoms with E-state index < -0.39 is 0 Å². The molecule has 0 saturated heterocycles. The summed E-state index contributed by atoms with van der Waals surface area (Å²) in [5, 5.41) is 6.55. The summed E-state index contributed by atoms with van der Waals surface area (Å²) in [6.45, 7) is 0. The molecule has 0 saturated carbocycles. The van der Waals surface area contributed by atoms with Gasteiger partial charge in [-0.25, -0.2) is 0 Å². The minimum absolute atomic E-state index is 0.0568. The molecule has 1 aromatic carbocycles. The van der Waals surface area contributed by atoms with Crippen molar-refractivity contribution in [1.82, 2.24) is 5.16 Å². The fourth-order valence-corrected chi connectivity index (χ4v) is 2.13. The molecule has 0 aliphatic carbocycles. The van der Waals surface area contributed by atoms with Gasteiger partial charge in [0, 0.05) is 29.5 Å². The Bertz CT molecular complexity index is 583. The number of anilines is 1. The fraction of sp³-hybridized carbons (Fsp3) is 0.286. The molecule has 106 valence electrons. The minimum atomic E-state index is -0.0568. The van der Waals surface area contributed by atoms with Crippen LogP contribution in [0.1, 0.15) is 12.2 Å². The maximum atomic E-state index is 11.9. The predicted octanol–water partition coefficient (Wildman–Crippen LogP) is 2.98. The number of thioether (sulfide) groups is 1. The van der Waals surface area contributed by atoms with Gasteiger partial charge in [0.2, 0.25) is 5.91 Å². The zero-order valence-electron chi connectivity index (χ0n) is 11.4. The number of methoxy groups -OCH3 is 1. The maximum Gasteiger partial charge on any atom is 0.254 e. The average molecular weight is 292 g/mol. The lowest BCUT2D eigenvalue weighted by Gasteiger charge is -2.05. The summed E-state index contributed by atoms with van der Waals surface area (Å²) in [6.07, 6.45) is 2.82. The first kappa shape index (κ1) is 14.5. The Morgan fingerprint density at radius 1 is 1.45 bits per heavy atom. The Balaban J connectivity index is 1.85. The summed E-state index contributed by atoms with van der Waals surface area (Å²) in [7, 11) is 1.52. The summed E-state index contributed by atoms with van der Waals surface area (Å²) in [4.78, 5) is 13.0. The van der Waals surface area contributed by atoms with E-state index in [9.17, 15) is 4.79 Å². The lowest BCUT2D eigenvalue weighted by atomic mass is 10.2. The molecule has 2 rings (SSSR count). The first-order chi connectivity index (χ1) is 9.71. The van der Waals surface area contributed by atoms with Gasteiger partial charge in [0.1, 0.15) is 5.76 Å². The van der Waals surface area contributed by atoms with Crippen LogP contribution in [0.25, 0.3) is 0 Å². The molecular weight excluding hydrogens is 276 g/mol. The lowest BCUT2D eigenvalue weighted by Crippen LogP contribution is -2.12. The number of nitrogens with zero attached hydrogens (tertiary/aromatic N) is 1. The molecule has 0 aliphatic rings. The number of hydrogen-bond acceptors (Lipinski definition) is 5. The van der Waals surface area contributed by atoms with Crippen molar-refractivity contribution in [2.45, 2.75) is 17.7 Å². The molecule has 1 heterocycles. The Kier molecular flexibility index (Phi) is 5.06. The van der Waals surface area contributed by atoms with Crippen molar-refractivity contribution in [2.75, 3.05) is 18.7 Å². The number of hydrogen-bond donors (Lipinski definition) is 1. The summed E-state index contributed by atoms with van der Waals surface area (Å²) in [5.74, 6) is 1.00. The zero-order valence-corrected chi connectivity index (χ0v) is 12.2. The highest BCUT2D eigenvalue weighted by Crippen LogP contribution is 2.19. The Morgan fingerprint density at radius 3 is 3.00 bits per heavy atom. The van der Waals surface area contributed by atoms with Gasteiger partial charge in [-0.15, -0.1) is 11.8 Å². The number of rotatable bonds is 6. The molecule has 2 aromatic rings. The molecular formula is C14H16N2O3S. The standard InChI is InChI=1S/C14H16N2O3S/c1-18-14-9-11(19-16-14)6-7-13(17)15-10-4-3-5-12(8-10)20-2/h3-5,8-9H,6-7H2,1-2H3,(H,15,17). The molecule has 1 N–H and O–H groups in total. The van der Waals surface area contributed by atoms with E-state index in [1.165, 1.54) is 7.11 Å². The van der Waals surface area contributed by atoms with E-state index in [2.05, 4.69) is 10.5 Å². The van der Waals surface area contributed by atoms with Crippen molar-refractivity contribution < 1.29 is 14.1 Å². The van der Waals surface area contributed by atoms with Gasteiger partial charge in [-0.3, -0.25) is 4.79 Å². The monoisotopic (exact) mass is 292 g/mol. The molecule has 0 atom stereocenters. The van der Waals surface area contributed by atoms with Gasteiger partial charge in [0.25, 0.3) is 5.88 Å². The second-order valence-corrected chi connectivity index (χ2v) is 5.00. The van der Waals surface area contributed by atoms with Gasteiger partial charge in [-0.05, 0) is 29.6 Å². The molecule has 5 nitrogen and oxygen atoms in total. The van der Waals surface area contributed by atoms with Gasteiger partial charge in [0.05, 0.1) is 7.11 Å². The van der Waals surface area contributed by atoms with Crippen LogP contribution in [0.15, 0.2) is 39.8 Å². The second-order valence-electron chi connectivity index (χ2n) is 4.12. The number of benzene rings is 1. The quantitative estimate of drug-likeness (QED) is 0.829. The van der Waals surface area contributed by atoms with Crippen molar-refractivity contribution in [3.05, 3.63) is 36.1 Å². The molecule has 1 aromatic heterocycles. The number of amides is 1. The van der Waals surface area contributed by atoms with Gasteiger partial charge < -0.3 is 14.6 Å². The highest BCUT2D eigenvalue weighted by Gasteiger charge is 2.08. The SMILES string of the molecule is COc1cc(CCC(=O)Nc2cccc(SC)c2)on1. The van der Waals surface area contributed by atoms with Crippen LogP contribution in [0.2, 0.25) is 0 Å². The van der Waals surface area contributed by atoms with Crippen LogP contribution in [0.3, 0.4) is 0 Å². The van der Waals surface area contributed by atoms with Crippen LogP contribution in [0, 0.1) is 0 Å². The number of carbonyl (C=O) groups excluding carboxylic acids is 1. The van der Waals surface area contributed by atoms with Crippen LogP contribution in [-0.4, -0.2) is 24.4 Å². The molecule has 0 aliphatic heterocycles. The van der Waals surface area contributed by atoms with Crippen molar-refractivity contribution in [3.63, 3.8) is 0 Å². The highest BCUT2D eigenvalue weighted by molar-refractivity contribution is 7.98. The van der Waals surface area contributed by atoms with Crippen LogP contribution >= 0.6 is 11.8 Å². The molecule has 1 amide bonds. The van der Waals surface area contributed by atoms with Crippen molar-refractivity contribution >= 4 is 23.4 Å². The third-order valence-corrected chi connectivity index (χ3v) is 3.42. The van der Waals surface area contributed by atoms with Gasteiger partial charge in [-0.1, -0.05) is 6.07 Å². The van der Waals surface area contributed by atoms with Crippen molar-refractivity contribution in [3.8, 4) is 5.88 Å². The van der Waals surface area contributed by atoms with Crippen LogP contribution < -0.4 is 10.1 Å². The number of ether oxygens (including phenoxy) is 1. The Morgan fingerprint density at radius 2 is 2.30 bits per heavy atom. The molecule has 0 spiro atoms. The number of aromatic nitrogens is 1. The summed E-state index contributed by atoms with van der Waals surface area (Å²) >= 11 is 1.64. The lowest BCUT2D eigenvalue weighted by molar-refractivity contribution is -0.116. The minimum Gasteiger partial charge on any atom is -0.479 e. The van der Waals surface area contributed by atoms with Crippen molar-refractivity contribution in [2.24, 2.45) is 0 Å². The van der Waals surface area contributed by atoms with E-state index in [0.29, 0.717) is 24.5 Å². The molecule has 0 radical (unpaired) electrons. The van der Waals surface area contributed by atoms with E-state index in [1.807, 2.05) is 30.5 Å². The third kappa shape index (κ3) is 4.03. The predicted molar refractivity (Wildman–Crippen MR) is 78.2 cm³/mol. The van der Waals surface area contributed by atoms with Gasteiger partial charge in [-0.2, -0.15) is 0 Å². The number of nitrogens with one attached hydrogen (secondary N) is 1.